The molecule has 1 N–H and O–H groups in total. The Morgan fingerprint density at radius 3 is 2.43 bits per heavy atom. The summed E-state index contributed by atoms with van der Waals surface area (Å²) in [6, 6.07) is 22.8. The van der Waals surface area contributed by atoms with Crippen LogP contribution in [-0.4, -0.2) is 25.4 Å². The molecule has 0 spiro atoms. The Bertz CT molecular complexity index is 1350. The molecular formula is C31H32N2O4. The Morgan fingerprint density at radius 1 is 0.973 bits per heavy atom. The van der Waals surface area contributed by atoms with Crippen LogP contribution >= 0.6 is 0 Å². The molecule has 0 fully saturated rings. The summed E-state index contributed by atoms with van der Waals surface area (Å²) in [5, 5.41) is 3.57. The Morgan fingerprint density at radius 2 is 1.70 bits per heavy atom. The van der Waals surface area contributed by atoms with Crippen LogP contribution in [-0.2, 0) is 9.59 Å². The minimum Gasteiger partial charge on any atom is -0.497 e. The van der Waals surface area contributed by atoms with Crippen molar-refractivity contribution in [1.29, 1.82) is 0 Å². The van der Waals surface area contributed by atoms with E-state index in [4.69, 9.17) is 9.47 Å². The van der Waals surface area contributed by atoms with Crippen LogP contribution in [0.15, 0.2) is 84.1 Å². The van der Waals surface area contributed by atoms with Gasteiger partial charge >= 0.3 is 0 Å². The maximum atomic E-state index is 14.0. The molecule has 0 saturated carbocycles. The number of nitrogens with one attached hydrogen (secondary N) is 1. The number of hydrogen-bond donors (Lipinski definition) is 1. The number of ketones is 1. The fraction of sp³-hybridized carbons (Fsp3) is 0.290. The zero-order valence-corrected chi connectivity index (χ0v) is 21.5. The molecule has 0 saturated heterocycles. The number of carbonyl (C=O) groups excluding carboxylic acids is 2. The first-order valence-corrected chi connectivity index (χ1v) is 12.9. The molecule has 37 heavy (non-hydrogen) atoms. The molecule has 2 atom stereocenters. The summed E-state index contributed by atoms with van der Waals surface area (Å²) in [6.07, 6.45) is 1.31. The third kappa shape index (κ3) is 4.59. The zero-order valence-electron chi connectivity index (χ0n) is 21.5. The summed E-state index contributed by atoms with van der Waals surface area (Å²) in [5.41, 5.74) is 4.99. The van der Waals surface area contributed by atoms with E-state index >= 15 is 0 Å². The highest BCUT2D eigenvalue weighted by atomic mass is 16.5. The molecule has 1 aliphatic heterocycles. The molecule has 190 valence electrons. The number of carbonyl (C=O) groups is 2. The van der Waals surface area contributed by atoms with E-state index in [-0.39, 0.29) is 17.6 Å². The van der Waals surface area contributed by atoms with Gasteiger partial charge in [0, 0.05) is 30.0 Å². The predicted octanol–water partition coefficient (Wildman–Crippen LogP) is 6.40. The number of rotatable bonds is 6. The number of benzene rings is 3. The number of fused-ring (bicyclic) bond motifs is 1. The maximum absolute atomic E-state index is 14.0. The number of methoxy groups -OCH3 is 1. The number of Topliss-reactive ketones (excluding diaryl/α,β-unsaturated/α-hetero) is 1. The summed E-state index contributed by atoms with van der Waals surface area (Å²) in [5.74, 6) is 1.50. The fourth-order valence-corrected chi connectivity index (χ4v) is 5.46. The highest BCUT2D eigenvalue weighted by Crippen LogP contribution is 2.48. The van der Waals surface area contributed by atoms with E-state index in [1.807, 2.05) is 86.6 Å². The molecule has 6 heteroatoms. The van der Waals surface area contributed by atoms with Gasteiger partial charge in [-0.15, -0.1) is 0 Å². The number of para-hydroxylation sites is 3. The third-order valence-corrected chi connectivity index (χ3v) is 7.15. The largest absolute Gasteiger partial charge is 0.497 e. The van der Waals surface area contributed by atoms with E-state index in [2.05, 4.69) is 5.32 Å². The fourth-order valence-electron chi connectivity index (χ4n) is 5.46. The summed E-state index contributed by atoms with van der Waals surface area (Å²) in [7, 11) is 1.62. The number of amides is 1. The monoisotopic (exact) mass is 496 g/mol. The molecule has 0 aromatic heterocycles. The summed E-state index contributed by atoms with van der Waals surface area (Å²) in [4.78, 5) is 29.3. The number of hydrogen-bond acceptors (Lipinski definition) is 5. The predicted molar refractivity (Wildman–Crippen MR) is 145 cm³/mol. The van der Waals surface area contributed by atoms with Crippen molar-refractivity contribution in [3.05, 3.63) is 95.2 Å². The first-order chi connectivity index (χ1) is 18.0. The van der Waals surface area contributed by atoms with E-state index in [1.54, 1.807) is 12.0 Å². The Balaban J connectivity index is 1.68. The van der Waals surface area contributed by atoms with Gasteiger partial charge in [0.15, 0.2) is 5.78 Å². The van der Waals surface area contributed by atoms with Gasteiger partial charge in [-0.05, 0) is 54.8 Å². The van der Waals surface area contributed by atoms with Crippen molar-refractivity contribution in [2.45, 2.75) is 45.1 Å². The Hall–Kier alpha value is -4.06. The molecule has 2 aliphatic rings. The van der Waals surface area contributed by atoms with Crippen molar-refractivity contribution in [3.8, 4) is 11.5 Å². The lowest BCUT2D eigenvalue weighted by Gasteiger charge is -2.35. The van der Waals surface area contributed by atoms with E-state index in [0.29, 0.717) is 31.4 Å². The lowest BCUT2D eigenvalue weighted by atomic mass is 9.78. The van der Waals surface area contributed by atoms with Crippen molar-refractivity contribution in [1.82, 2.24) is 0 Å². The van der Waals surface area contributed by atoms with Crippen molar-refractivity contribution in [2.75, 3.05) is 23.9 Å². The molecule has 5 rings (SSSR count). The minimum absolute atomic E-state index is 0.0291. The lowest BCUT2D eigenvalue weighted by molar-refractivity contribution is -0.119. The summed E-state index contributed by atoms with van der Waals surface area (Å²) < 4.78 is 11.3. The summed E-state index contributed by atoms with van der Waals surface area (Å²) >= 11 is 0. The van der Waals surface area contributed by atoms with Crippen LogP contribution in [0, 0.1) is 0 Å². The van der Waals surface area contributed by atoms with Crippen LogP contribution in [0.3, 0.4) is 0 Å². The minimum atomic E-state index is -0.542. The van der Waals surface area contributed by atoms with Gasteiger partial charge in [-0.1, -0.05) is 49.4 Å². The van der Waals surface area contributed by atoms with E-state index in [9.17, 15) is 9.59 Å². The third-order valence-electron chi connectivity index (χ3n) is 7.15. The molecule has 3 aromatic rings. The molecule has 0 bridgehead atoms. The molecule has 6 nitrogen and oxygen atoms in total. The normalized spacial score (nSPS) is 18.9. The van der Waals surface area contributed by atoms with Crippen molar-refractivity contribution < 1.29 is 19.1 Å². The van der Waals surface area contributed by atoms with Gasteiger partial charge in [-0.2, -0.15) is 0 Å². The second kappa shape index (κ2) is 10.5. The topological polar surface area (TPSA) is 67.9 Å². The highest BCUT2D eigenvalue weighted by Gasteiger charge is 2.41. The van der Waals surface area contributed by atoms with Gasteiger partial charge in [0.1, 0.15) is 11.5 Å². The second-order valence-electron chi connectivity index (χ2n) is 9.33. The van der Waals surface area contributed by atoms with Crippen LogP contribution < -0.4 is 19.7 Å². The first-order valence-electron chi connectivity index (χ1n) is 12.9. The van der Waals surface area contributed by atoms with Crippen LogP contribution in [0.1, 0.15) is 56.2 Å². The average molecular weight is 497 g/mol. The van der Waals surface area contributed by atoms with Gasteiger partial charge in [-0.3, -0.25) is 14.5 Å². The quantitative estimate of drug-likeness (QED) is 0.427. The van der Waals surface area contributed by atoms with Gasteiger partial charge in [0.25, 0.3) is 0 Å². The Kier molecular flexibility index (Phi) is 6.99. The van der Waals surface area contributed by atoms with Crippen molar-refractivity contribution in [2.24, 2.45) is 0 Å². The standard InChI is InChI=1S/C31H32N2O4/c1-4-29(35)33-26-12-8-7-11-24(26)32-25-18-21(23-10-6-9-13-28(23)37-5-2)19-27(34)30(25)31(33)20-14-16-22(36-3)17-15-20/h6-17,21,31-32H,4-5,18-19H2,1-3H3/t21-,31-/m1/s1. The highest BCUT2D eigenvalue weighted by molar-refractivity contribution is 6.06. The van der Waals surface area contributed by atoms with Crippen LogP contribution in [0.5, 0.6) is 11.5 Å². The molecule has 1 heterocycles. The molecule has 1 amide bonds. The first kappa shape index (κ1) is 24.6. The average Bonchev–Trinajstić information content (AvgIpc) is 3.08. The van der Waals surface area contributed by atoms with Crippen LogP contribution in [0.25, 0.3) is 0 Å². The van der Waals surface area contributed by atoms with E-state index in [1.165, 1.54) is 0 Å². The smallest absolute Gasteiger partial charge is 0.227 e. The van der Waals surface area contributed by atoms with Crippen molar-refractivity contribution >= 4 is 23.1 Å². The van der Waals surface area contributed by atoms with E-state index in [0.717, 1.165) is 39.7 Å². The SMILES string of the molecule is CCOc1ccccc1[C@H]1CC(=O)C2=C(C1)Nc1ccccc1N(C(=O)CC)[C@@H]2c1ccc(OC)cc1. The van der Waals surface area contributed by atoms with Crippen LogP contribution in [0.4, 0.5) is 11.4 Å². The van der Waals surface area contributed by atoms with Crippen LogP contribution in [0.2, 0.25) is 0 Å². The Labute approximate surface area is 217 Å². The van der Waals surface area contributed by atoms with Gasteiger partial charge in [0.05, 0.1) is 31.1 Å². The van der Waals surface area contributed by atoms with Gasteiger partial charge in [0.2, 0.25) is 5.91 Å². The maximum Gasteiger partial charge on any atom is 0.227 e. The summed E-state index contributed by atoms with van der Waals surface area (Å²) in [6.45, 7) is 4.38. The molecule has 3 aromatic carbocycles. The number of allylic oxidation sites excluding steroid dienone is 1. The van der Waals surface area contributed by atoms with Gasteiger partial charge in [-0.25, -0.2) is 0 Å². The molecular weight excluding hydrogens is 464 g/mol. The lowest BCUT2D eigenvalue weighted by Crippen LogP contribution is -2.38. The van der Waals surface area contributed by atoms with Crippen molar-refractivity contribution in [3.63, 3.8) is 0 Å². The van der Waals surface area contributed by atoms with E-state index < -0.39 is 6.04 Å². The number of ether oxygens (including phenoxy) is 2. The second-order valence-corrected chi connectivity index (χ2v) is 9.33. The zero-order chi connectivity index (χ0) is 25.9. The number of nitrogens with zero attached hydrogens (tertiary/aromatic N) is 1. The molecule has 1 aliphatic carbocycles. The molecule has 0 unspecified atom stereocenters. The van der Waals surface area contributed by atoms with Gasteiger partial charge < -0.3 is 14.8 Å². The molecule has 0 radical (unpaired) electrons. The number of anilines is 2.